The molecule has 4 nitrogen and oxygen atoms in total. The van der Waals surface area contributed by atoms with Crippen molar-refractivity contribution in [3.05, 3.63) is 0 Å². The Balaban J connectivity index is 2.57. The largest absolute Gasteiger partial charge is 0.444 e. The maximum absolute atomic E-state index is 12.0. The predicted octanol–water partition coefficient (Wildman–Crippen LogP) is 2.00. The first-order chi connectivity index (χ1) is 7.44. The number of nitrogens with zero attached hydrogens (tertiary/aromatic N) is 1. The van der Waals surface area contributed by atoms with Crippen LogP contribution >= 0.6 is 0 Å². The molecule has 0 aromatic rings. The zero-order valence-corrected chi connectivity index (χ0v) is 10.9. The third-order valence-corrected chi connectivity index (χ3v) is 2.60. The zero-order valence-electron chi connectivity index (χ0n) is 10.9. The summed E-state index contributed by atoms with van der Waals surface area (Å²) in [4.78, 5) is 13.8. The first kappa shape index (κ1) is 13.3. The molecule has 94 valence electrons. The minimum Gasteiger partial charge on any atom is -0.444 e. The molecule has 16 heavy (non-hydrogen) atoms. The second-order valence-electron chi connectivity index (χ2n) is 5.32. The molecule has 0 radical (unpaired) electrons. The SMILES string of the molecule is CCC[C@H]1CNCCN1C(=O)OC(C)(C)C. The van der Waals surface area contributed by atoms with Gasteiger partial charge in [-0.3, -0.25) is 0 Å². The molecule has 0 aromatic carbocycles. The van der Waals surface area contributed by atoms with Crippen LogP contribution in [0.25, 0.3) is 0 Å². The number of carbonyl (C=O) groups is 1. The Kier molecular flexibility index (Phi) is 4.59. The Morgan fingerprint density at radius 1 is 1.50 bits per heavy atom. The van der Waals surface area contributed by atoms with E-state index in [-0.39, 0.29) is 12.1 Å². The molecule has 1 heterocycles. The number of ether oxygens (including phenoxy) is 1. The molecule has 0 unspecified atom stereocenters. The first-order valence-electron chi connectivity index (χ1n) is 6.14. The molecule has 0 bridgehead atoms. The van der Waals surface area contributed by atoms with Crippen molar-refractivity contribution in [2.45, 2.75) is 52.2 Å². The molecule has 1 aliphatic heterocycles. The van der Waals surface area contributed by atoms with Crippen molar-refractivity contribution in [3.8, 4) is 0 Å². The standard InChI is InChI=1S/C12H24N2O2/c1-5-6-10-9-13-7-8-14(10)11(15)16-12(2,3)4/h10,13H,5-9H2,1-4H3/t10-/m0/s1. The lowest BCUT2D eigenvalue weighted by Gasteiger charge is -2.37. The van der Waals surface area contributed by atoms with Gasteiger partial charge in [0.05, 0.1) is 0 Å². The van der Waals surface area contributed by atoms with Crippen LogP contribution in [0.1, 0.15) is 40.5 Å². The monoisotopic (exact) mass is 228 g/mol. The van der Waals surface area contributed by atoms with Crippen molar-refractivity contribution in [1.29, 1.82) is 0 Å². The van der Waals surface area contributed by atoms with E-state index in [1.807, 2.05) is 25.7 Å². The summed E-state index contributed by atoms with van der Waals surface area (Å²) in [6, 6.07) is 0.286. The van der Waals surface area contributed by atoms with E-state index in [9.17, 15) is 4.79 Å². The van der Waals surface area contributed by atoms with E-state index in [0.29, 0.717) is 0 Å². The average molecular weight is 228 g/mol. The number of nitrogens with one attached hydrogen (secondary N) is 1. The molecule has 0 spiro atoms. The van der Waals surface area contributed by atoms with Gasteiger partial charge in [0.1, 0.15) is 5.60 Å². The fourth-order valence-electron chi connectivity index (χ4n) is 1.91. The third-order valence-electron chi connectivity index (χ3n) is 2.60. The van der Waals surface area contributed by atoms with Crippen LogP contribution in [0.2, 0.25) is 0 Å². The fraction of sp³-hybridized carbons (Fsp3) is 0.917. The Labute approximate surface area is 98.3 Å². The highest BCUT2D eigenvalue weighted by Gasteiger charge is 2.29. The van der Waals surface area contributed by atoms with Gasteiger partial charge in [0, 0.05) is 25.7 Å². The second-order valence-corrected chi connectivity index (χ2v) is 5.32. The van der Waals surface area contributed by atoms with Crippen LogP contribution in [0.15, 0.2) is 0 Å². The summed E-state index contributed by atoms with van der Waals surface area (Å²) in [5.74, 6) is 0. The number of hydrogen-bond donors (Lipinski definition) is 1. The van der Waals surface area contributed by atoms with Crippen LogP contribution in [0.4, 0.5) is 4.79 Å². The van der Waals surface area contributed by atoms with Crippen LogP contribution < -0.4 is 5.32 Å². The van der Waals surface area contributed by atoms with Crippen LogP contribution in [-0.4, -0.2) is 42.3 Å². The minimum absolute atomic E-state index is 0.174. The summed E-state index contributed by atoms with van der Waals surface area (Å²) in [6.45, 7) is 10.3. The number of hydrogen-bond acceptors (Lipinski definition) is 3. The van der Waals surface area contributed by atoms with Crippen LogP contribution in [0, 0.1) is 0 Å². The molecule has 0 aliphatic carbocycles. The molecule has 0 saturated carbocycles. The molecular weight excluding hydrogens is 204 g/mol. The molecule has 1 aliphatic rings. The van der Waals surface area contributed by atoms with Gasteiger partial charge in [0.25, 0.3) is 0 Å². The van der Waals surface area contributed by atoms with Gasteiger partial charge in [-0.15, -0.1) is 0 Å². The zero-order chi connectivity index (χ0) is 12.2. The van der Waals surface area contributed by atoms with Crippen molar-refractivity contribution in [3.63, 3.8) is 0 Å². The Hall–Kier alpha value is -0.770. The lowest BCUT2D eigenvalue weighted by Crippen LogP contribution is -2.54. The number of carbonyl (C=O) groups excluding carboxylic acids is 1. The van der Waals surface area contributed by atoms with Gasteiger partial charge in [0.2, 0.25) is 0 Å². The van der Waals surface area contributed by atoms with Crippen molar-refractivity contribution in [2.75, 3.05) is 19.6 Å². The maximum atomic E-state index is 12.0. The second kappa shape index (κ2) is 5.53. The maximum Gasteiger partial charge on any atom is 0.410 e. The summed E-state index contributed by atoms with van der Waals surface area (Å²) in [7, 11) is 0. The quantitative estimate of drug-likeness (QED) is 0.786. The normalized spacial score (nSPS) is 22.0. The van der Waals surface area contributed by atoms with E-state index in [2.05, 4.69) is 12.2 Å². The smallest absolute Gasteiger partial charge is 0.410 e. The van der Waals surface area contributed by atoms with Gasteiger partial charge in [-0.25, -0.2) is 4.79 Å². The van der Waals surface area contributed by atoms with Crippen molar-refractivity contribution >= 4 is 6.09 Å². The lowest BCUT2D eigenvalue weighted by atomic mass is 10.1. The van der Waals surface area contributed by atoms with Crippen LogP contribution in [0.5, 0.6) is 0 Å². The Morgan fingerprint density at radius 2 is 2.19 bits per heavy atom. The molecule has 0 aromatic heterocycles. The van der Waals surface area contributed by atoms with Crippen LogP contribution in [-0.2, 0) is 4.74 Å². The van der Waals surface area contributed by atoms with E-state index in [1.54, 1.807) is 0 Å². The lowest BCUT2D eigenvalue weighted by molar-refractivity contribution is 0.0111. The van der Waals surface area contributed by atoms with Gasteiger partial charge in [-0.2, -0.15) is 0 Å². The average Bonchev–Trinajstić information content (AvgIpc) is 2.16. The first-order valence-corrected chi connectivity index (χ1v) is 6.14. The molecule has 4 heteroatoms. The highest BCUT2D eigenvalue weighted by Crippen LogP contribution is 2.15. The summed E-state index contributed by atoms with van der Waals surface area (Å²) in [5.41, 5.74) is -0.404. The summed E-state index contributed by atoms with van der Waals surface area (Å²) in [6.07, 6.45) is 1.95. The summed E-state index contributed by atoms with van der Waals surface area (Å²) < 4.78 is 5.41. The molecule has 1 saturated heterocycles. The molecule has 1 amide bonds. The fourth-order valence-corrected chi connectivity index (χ4v) is 1.91. The minimum atomic E-state index is -0.404. The topological polar surface area (TPSA) is 41.6 Å². The third kappa shape index (κ3) is 4.00. The van der Waals surface area contributed by atoms with Crippen molar-refractivity contribution in [1.82, 2.24) is 10.2 Å². The Bertz CT molecular complexity index is 234. The van der Waals surface area contributed by atoms with Crippen LogP contribution in [0.3, 0.4) is 0 Å². The van der Waals surface area contributed by atoms with Crippen molar-refractivity contribution in [2.24, 2.45) is 0 Å². The van der Waals surface area contributed by atoms with E-state index >= 15 is 0 Å². The van der Waals surface area contributed by atoms with Gasteiger partial charge in [0.15, 0.2) is 0 Å². The van der Waals surface area contributed by atoms with Gasteiger partial charge >= 0.3 is 6.09 Å². The summed E-state index contributed by atoms with van der Waals surface area (Å²) >= 11 is 0. The number of piperazine rings is 1. The van der Waals surface area contributed by atoms with E-state index in [0.717, 1.165) is 32.5 Å². The van der Waals surface area contributed by atoms with Crippen molar-refractivity contribution < 1.29 is 9.53 Å². The van der Waals surface area contributed by atoms with Gasteiger partial charge in [-0.05, 0) is 27.2 Å². The van der Waals surface area contributed by atoms with Gasteiger partial charge < -0.3 is 15.0 Å². The molecular formula is C12H24N2O2. The van der Waals surface area contributed by atoms with E-state index in [1.165, 1.54) is 0 Å². The Morgan fingerprint density at radius 3 is 2.75 bits per heavy atom. The summed E-state index contributed by atoms with van der Waals surface area (Å²) in [5, 5.41) is 3.32. The highest BCUT2D eigenvalue weighted by molar-refractivity contribution is 5.68. The molecule has 1 fully saturated rings. The molecule has 1 rings (SSSR count). The van der Waals surface area contributed by atoms with Gasteiger partial charge in [-0.1, -0.05) is 13.3 Å². The number of amides is 1. The van der Waals surface area contributed by atoms with E-state index < -0.39 is 5.60 Å². The highest BCUT2D eigenvalue weighted by atomic mass is 16.6. The molecule has 1 atom stereocenters. The van der Waals surface area contributed by atoms with E-state index in [4.69, 9.17) is 4.74 Å². The predicted molar refractivity (Wildman–Crippen MR) is 64.5 cm³/mol. The molecule has 1 N–H and O–H groups in total. The number of rotatable bonds is 2.